The third-order valence-electron chi connectivity index (χ3n) is 8.71. The Hall–Kier alpha value is -5.24. The minimum atomic E-state index is -2.03. The first-order valence-corrected chi connectivity index (χ1v) is 16.2. The van der Waals surface area contributed by atoms with Crippen molar-refractivity contribution < 1.29 is 78.9 Å². The van der Waals surface area contributed by atoms with Gasteiger partial charge in [-0.1, -0.05) is 12.1 Å². The van der Waals surface area contributed by atoms with E-state index in [-0.39, 0.29) is 28.4 Å². The van der Waals surface area contributed by atoms with Crippen LogP contribution < -0.4 is 10.2 Å². The molecule has 0 spiro atoms. The second-order valence-electron chi connectivity index (χ2n) is 12.5. The highest BCUT2D eigenvalue weighted by Crippen LogP contribution is 2.38. The molecule has 17 nitrogen and oxygen atoms in total. The average molecular weight is 741 g/mol. The molecular weight excluding hydrogens is 704 g/mol. The van der Waals surface area contributed by atoms with Crippen LogP contribution >= 0.6 is 0 Å². The molecule has 2 aliphatic rings. The van der Waals surface area contributed by atoms with Crippen molar-refractivity contribution in [2.75, 3.05) is 6.61 Å². The van der Waals surface area contributed by atoms with E-state index in [2.05, 4.69) is 0 Å². The number of fused-ring (bicyclic) bond motifs is 1. The molecule has 282 valence electrons. The van der Waals surface area contributed by atoms with E-state index in [9.17, 15) is 55.5 Å². The first-order chi connectivity index (χ1) is 25.2. The summed E-state index contributed by atoms with van der Waals surface area (Å²) in [7, 11) is 0. The van der Waals surface area contributed by atoms with Crippen LogP contribution in [-0.2, 0) is 23.7 Å². The van der Waals surface area contributed by atoms with E-state index in [1.165, 1.54) is 61.5 Å². The normalized spacial score (nSPS) is 28.9. The van der Waals surface area contributed by atoms with Crippen molar-refractivity contribution in [1.82, 2.24) is 0 Å². The lowest BCUT2D eigenvalue weighted by Gasteiger charge is -2.43. The van der Waals surface area contributed by atoms with Gasteiger partial charge in [-0.3, -0.25) is 4.79 Å². The lowest BCUT2D eigenvalue weighted by atomic mass is 9.98. The summed E-state index contributed by atoms with van der Waals surface area (Å²) in [6.45, 7) is 0.764. The molecule has 6 rings (SSSR count). The van der Waals surface area contributed by atoms with E-state index < -0.39 is 102 Å². The number of carbonyl (C=O) groups excluding carboxylic acids is 1. The largest absolute Gasteiger partial charge is 0.508 e. The minimum Gasteiger partial charge on any atom is -0.508 e. The van der Waals surface area contributed by atoms with E-state index in [1.807, 2.05) is 0 Å². The Morgan fingerprint density at radius 2 is 1.42 bits per heavy atom. The lowest BCUT2D eigenvalue weighted by Crippen LogP contribution is -2.62. The van der Waals surface area contributed by atoms with E-state index in [4.69, 9.17) is 28.1 Å². The second kappa shape index (κ2) is 15.4. The number of esters is 1. The van der Waals surface area contributed by atoms with Gasteiger partial charge >= 0.3 is 5.97 Å². The van der Waals surface area contributed by atoms with Gasteiger partial charge in [0.05, 0.1) is 12.7 Å². The van der Waals surface area contributed by atoms with Crippen molar-refractivity contribution in [2.24, 2.45) is 0 Å². The standard InChI is InChI=1S/C36H36O17/c1-15-26(42)28(44)30(46)35(49-15)48-14-23-33(52-24(41)11-4-16-2-7-18(37)8-3-16)29(45)31(47)36(51-23)53-34-27(43)25-21(40)12-20(39)13-22(25)50-32(34)17-5-9-19(38)10-6-17/h2-13,15,23,26,28-31,33,35-40,42,44-47H,14H2,1H3/b11-4-/t15-,23+,26-,28-,29+,30+,31-,33-,35+,36-/m0/s1. The predicted octanol–water partition coefficient (Wildman–Crippen LogP) is 0.577. The Kier molecular flexibility index (Phi) is 10.9. The summed E-state index contributed by atoms with van der Waals surface area (Å²) in [5.74, 6) is -3.17. The molecule has 9 N–H and O–H groups in total. The van der Waals surface area contributed by atoms with Crippen LogP contribution in [0, 0.1) is 0 Å². The van der Waals surface area contributed by atoms with Crippen LogP contribution in [0.25, 0.3) is 28.4 Å². The maximum atomic E-state index is 13.9. The molecule has 2 saturated heterocycles. The summed E-state index contributed by atoms with van der Waals surface area (Å²) in [6.07, 6.45) is -14.2. The molecule has 2 fully saturated rings. The van der Waals surface area contributed by atoms with Gasteiger partial charge in [0, 0.05) is 23.8 Å². The Morgan fingerprint density at radius 3 is 2.09 bits per heavy atom. The second-order valence-corrected chi connectivity index (χ2v) is 12.5. The summed E-state index contributed by atoms with van der Waals surface area (Å²) in [6, 6.07) is 13.0. The highest BCUT2D eigenvalue weighted by atomic mass is 16.7. The SMILES string of the molecule is C[C@@H]1O[C@@H](OC[C@H]2O[C@@H](Oc3c(-c4ccc(O)cc4)oc4cc(O)cc(O)c4c3=O)[C@@H](O)[C@@H](O)[C@H]2OC(=O)/C=C\c2ccc(O)cc2)[C@H](O)[C@@H](O)[C@H]1O. The summed E-state index contributed by atoms with van der Waals surface area (Å²) >= 11 is 0. The van der Waals surface area contributed by atoms with Crippen LogP contribution in [0.15, 0.2) is 76.0 Å². The van der Waals surface area contributed by atoms with Crippen LogP contribution in [0.2, 0.25) is 0 Å². The number of phenolic OH excluding ortho intramolecular Hbond substituents is 4. The number of benzene rings is 3. The Morgan fingerprint density at radius 1 is 0.774 bits per heavy atom. The number of carbonyl (C=O) groups is 1. The topological polar surface area (TPSA) is 275 Å². The third kappa shape index (κ3) is 7.92. The van der Waals surface area contributed by atoms with E-state index >= 15 is 0 Å². The number of rotatable bonds is 9. The van der Waals surface area contributed by atoms with Crippen LogP contribution in [0.3, 0.4) is 0 Å². The number of phenols is 4. The smallest absolute Gasteiger partial charge is 0.331 e. The van der Waals surface area contributed by atoms with Crippen LogP contribution in [-0.4, -0.2) is 120 Å². The fourth-order valence-corrected chi connectivity index (χ4v) is 5.84. The fraction of sp³-hybridized carbons (Fsp3) is 0.333. The summed E-state index contributed by atoms with van der Waals surface area (Å²) in [5.41, 5.74) is -0.569. The van der Waals surface area contributed by atoms with Crippen molar-refractivity contribution in [3.05, 3.63) is 82.5 Å². The van der Waals surface area contributed by atoms with Gasteiger partial charge in [0.15, 0.2) is 18.2 Å². The van der Waals surface area contributed by atoms with Crippen molar-refractivity contribution in [3.63, 3.8) is 0 Å². The van der Waals surface area contributed by atoms with Gasteiger partial charge in [0.1, 0.15) is 70.6 Å². The van der Waals surface area contributed by atoms with Gasteiger partial charge in [0.2, 0.25) is 17.5 Å². The zero-order chi connectivity index (χ0) is 38.1. The monoisotopic (exact) mass is 740 g/mol. The molecule has 3 heterocycles. The van der Waals surface area contributed by atoms with Crippen molar-refractivity contribution in [1.29, 1.82) is 0 Å². The molecule has 0 radical (unpaired) electrons. The van der Waals surface area contributed by atoms with E-state index in [0.717, 1.165) is 18.2 Å². The molecule has 0 unspecified atom stereocenters. The summed E-state index contributed by atoms with van der Waals surface area (Å²) in [5, 5.41) is 92.9. The zero-order valence-corrected chi connectivity index (χ0v) is 27.7. The third-order valence-corrected chi connectivity index (χ3v) is 8.71. The van der Waals surface area contributed by atoms with Crippen molar-refractivity contribution in [2.45, 2.75) is 68.3 Å². The Balaban J connectivity index is 1.33. The maximum absolute atomic E-state index is 13.9. The number of hydrogen-bond donors (Lipinski definition) is 9. The molecule has 1 aromatic heterocycles. The summed E-state index contributed by atoms with van der Waals surface area (Å²) in [4.78, 5) is 26.8. The molecule has 0 bridgehead atoms. The van der Waals surface area contributed by atoms with Gasteiger partial charge in [-0.15, -0.1) is 0 Å². The minimum absolute atomic E-state index is 0.00274. The van der Waals surface area contributed by atoms with Crippen LogP contribution in [0.4, 0.5) is 0 Å². The van der Waals surface area contributed by atoms with Crippen molar-refractivity contribution >= 4 is 23.0 Å². The molecule has 4 aromatic rings. The quantitative estimate of drug-likeness (QED) is 0.0838. The Labute approximate surface area is 299 Å². The summed E-state index contributed by atoms with van der Waals surface area (Å²) < 4.78 is 34.3. The molecule has 17 heteroatoms. The molecular formula is C36H36O17. The highest BCUT2D eigenvalue weighted by Gasteiger charge is 2.50. The first kappa shape index (κ1) is 37.5. The average Bonchev–Trinajstić information content (AvgIpc) is 3.12. The van der Waals surface area contributed by atoms with Gasteiger partial charge in [-0.05, 0) is 55.0 Å². The number of aliphatic hydroxyl groups is 5. The number of aliphatic hydroxyl groups excluding tert-OH is 5. The number of ether oxygens (including phenoxy) is 5. The molecule has 2 aliphatic heterocycles. The fourth-order valence-electron chi connectivity index (χ4n) is 5.84. The first-order valence-electron chi connectivity index (χ1n) is 16.2. The van der Waals surface area contributed by atoms with Crippen LogP contribution in [0.1, 0.15) is 12.5 Å². The van der Waals surface area contributed by atoms with E-state index in [1.54, 1.807) is 0 Å². The number of aromatic hydroxyl groups is 4. The maximum Gasteiger partial charge on any atom is 0.331 e. The Bertz CT molecular complexity index is 2010. The van der Waals surface area contributed by atoms with Gasteiger partial charge in [-0.25, -0.2) is 4.79 Å². The molecule has 0 aliphatic carbocycles. The van der Waals surface area contributed by atoms with E-state index in [0.29, 0.717) is 5.56 Å². The predicted molar refractivity (Wildman–Crippen MR) is 180 cm³/mol. The van der Waals surface area contributed by atoms with Gasteiger partial charge in [-0.2, -0.15) is 0 Å². The molecule has 0 amide bonds. The number of hydrogen-bond acceptors (Lipinski definition) is 17. The highest BCUT2D eigenvalue weighted by molar-refractivity contribution is 5.88. The van der Waals surface area contributed by atoms with Gasteiger partial charge in [0.25, 0.3) is 0 Å². The van der Waals surface area contributed by atoms with Crippen LogP contribution in [0.5, 0.6) is 28.7 Å². The molecule has 3 aromatic carbocycles. The van der Waals surface area contributed by atoms with Gasteiger partial charge < -0.3 is 74.1 Å². The lowest BCUT2D eigenvalue weighted by molar-refractivity contribution is -0.319. The molecule has 0 saturated carbocycles. The van der Waals surface area contributed by atoms with Crippen molar-refractivity contribution in [3.8, 4) is 40.1 Å². The molecule has 10 atom stereocenters. The zero-order valence-electron chi connectivity index (χ0n) is 27.7. The molecule has 53 heavy (non-hydrogen) atoms.